The summed E-state index contributed by atoms with van der Waals surface area (Å²) in [6.45, 7) is 4.31. The number of amides is 1. The van der Waals surface area contributed by atoms with Gasteiger partial charge in [0.2, 0.25) is 5.91 Å². The average Bonchev–Trinajstić information content (AvgIpc) is 2.58. The zero-order chi connectivity index (χ0) is 17.3. The molecule has 5 heteroatoms. The first kappa shape index (κ1) is 17.1. The number of para-hydroxylation sites is 1. The van der Waals surface area contributed by atoms with Crippen molar-refractivity contribution in [2.24, 2.45) is 0 Å². The first-order valence-corrected chi connectivity index (χ1v) is 8.82. The highest BCUT2D eigenvalue weighted by molar-refractivity contribution is 6.40. The van der Waals surface area contributed by atoms with Crippen LogP contribution in [0.2, 0.25) is 10.0 Å². The van der Waals surface area contributed by atoms with E-state index in [0.717, 1.165) is 24.1 Å². The summed E-state index contributed by atoms with van der Waals surface area (Å²) in [6.07, 6.45) is 2.08. The van der Waals surface area contributed by atoms with Crippen molar-refractivity contribution in [3.8, 4) is 0 Å². The Bertz CT molecular complexity index is 776. The zero-order valence-corrected chi connectivity index (χ0v) is 15.3. The van der Waals surface area contributed by atoms with Crippen molar-refractivity contribution in [2.45, 2.75) is 32.7 Å². The van der Waals surface area contributed by atoms with Gasteiger partial charge in [-0.25, -0.2) is 0 Å². The predicted octanol–water partition coefficient (Wildman–Crippen LogP) is 5.08. The quantitative estimate of drug-likeness (QED) is 0.825. The van der Waals surface area contributed by atoms with Crippen LogP contribution < -0.4 is 10.2 Å². The summed E-state index contributed by atoms with van der Waals surface area (Å²) in [5.41, 5.74) is 3.79. The lowest BCUT2D eigenvalue weighted by Crippen LogP contribution is -2.42. The molecule has 1 atom stereocenters. The van der Waals surface area contributed by atoms with Gasteiger partial charge in [-0.2, -0.15) is 0 Å². The Morgan fingerprint density at radius 3 is 2.79 bits per heavy atom. The minimum absolute atomic E-state index is 0.118. The zero-order valence-electron chi connectivity index (χ0n) is 13.8. The molecule has 0 saturated carbocycles. The van der Waals surface area contributed by atoms with E-state index in [0.29, 0.717) is 21.8 Å². The second-order valence-electron chi connectivity index (χ2n) is 6.25. The van der Waals surface area contributed by atoms with E-state index in [9.17, 15) is 4.79 Å². The second kappa shape index (κ2) is 7.04. The SMILES string of the molecule is Cc1ccc(Cl)c(NC(=O)CN2c3ccccc3CC[C@@H]2C)c1Cl. The summed E-state index contributed by atoms with van der Waals surface area (Å²) in [6, 6.07) is 12.1. The van der Waals surface area contributed by atoms with Crippen LogP contribution in [0.5, 0.6) is 0 Å². The maximum atomic E-state index is 12.6. The molecule has 0 saturated heterocycles. The highest BCUT2D eigenvalue weighted by Crippen LogP contribution is 2.34. The number of halogens is 2. The third-order valence-corrected chi connectivity index (χ3v) is 5.33. The fourth-order valence-corrected chi connectivity index (χ4v) is 3.57. The van der Waals surface area contributed by atoms with Crippen LogP contribution in [0.3, 0.4) is 0 Å². The molecule has 2 aromatic carbocycles. The Morgan fingerprint density at radius 1 is 1.25 bits per heavy atom. The molecule has 1 amide bonds. The molecule has 0 aliphatic carbocycles. The smallest absolute Gasteiger partial charge is 0.243 e. The van der Waals surface area contributed by atoms with Crippen molar-refractivity contribution in [1.82, 2.24) is 0 Å². The molecule has 0 spiro atoms. The van der Waals surface area contributed by atoms with E-state index in [1.165, 1.54) is 5.56 Å². The first-order chi connectivity index (χ1) is 11.5. The molecule has 3 rings (SSSR count). The van der Waals surface area contributed by atoms with Gasteiger partial charge in [0.15, 0.2) is 0 Å². The number of carbonyl (C=O) groups is 1. The fourth-order valence-electron chi connectivity index (χ4n) is 3.11. The van der Waals surface area contributed by atoms with Crippen LogP contribution >= 0.6 is 23.2 Å². The van der Waals surface area contributed by atoms with E-state index in [1.807, 2.05) is 25.1 Å². The van der Waals surface area contributed by atoms with Crippen LogP contribution in [-0.4, -0.2) is 18.5 Å². The molecule has 0 unspecified atom stereocenters. The molecular weight excluding hydrogens is 343 g/mol. The van der Waals surface area contributed by atoms with E-state index in [4.69, 9.17) is 23.2 Å². The summed E-state index contributed by atoms with van der Waals surface area (Å²) >= 11 is 12.5. The van der Waals surface area contributed by atoms with Gasteiger partial charge in [-0.15, -0.1) is 0 Å². The van der Waals surface area contributed by atoms with Gasteiger partial charge >= 0.3 is 0 Å². The van der Waals surface area contributed by atoms with Crippen molar-refractivity contribution in [1.29, 1.82) is 0 Å². The van der Waals surface area contributed by atoms with Crippen molar-refractivity contribution in [3.05, 3.63) is 57.6 Å². The normalized spacial score (nSPS) is 16.7. The van der Waals surface area contributed by atoms with Gasteiger partial charge < -0.3 is 10.2 Å². The molecular formula is C19H20Cl2N2O. The van der Waals surface area contributed by atoms with Crippen LogP contribution in [0.25, 0.3) is 0 Å². The van der Waals surface area contributed by atoms with Crippen molar-refractivity contribution in [2.75, 3.05) is 16.8 Å². The topological polar surface area (TPSA) is 32.3 Å². The third-order valence-electron chi connectivity index (χ3n) is 4.53. The summed E-state index contributed by atoms with van der Waals surface area (Å²) in [7, 11) is 0. The number of hydrogen-bond acceptors (Lipinski definition) is 2. The number of nitrogens with zero attached hydrogens (tertiary/aromatic N) is 1. The minimum atomic E-state index is -0.118. The Labute approximate surface area is 152 Å². The average molecular weight is 363 g/mol. The lowest BCUT2D eigenvalue weighted by molar-refractivity contribution is -0.115. The van der Waals surface area contributed by atoms with Gasteiger partial charge in [0.25, 0.3) is 0 Å². The molecule has 1 heterocycles. The molecule has 0 bridgehead atoms. The molecule has 3 nitrogen and oxygen atoms in total. The van der Waals surface area contributed by atoms with Crippen LogP contribution in [0.4, 0.5) is 11.4 Å². The van der Waals surface area contributed by atoms with Crippen LogP contribution in [0.15, 0.2) is 36.4 Å². The van der Waals surface area contributed by atoms with E-state index >= 15 is 0 Å². The van der Waals surface area contributed by atoms with Gasteiger partial charge in [-0.1, -0.05) is 47.5 Å². The summed E-state index contributed by atoms with van der Waals surface area (Å²) in [5.74, 6) is -0.118. The molecule has 126 valence electrons. The predicted molar refractivity (Wildman–Crippen MR) is 101 cm³/mol. The van der Waals surface area contributed by atoms with E-state index < -0.39 is 0 Å². The molecule has 0 radical (unpaired) electrons. The first-order valence-electron chi connectivity index (χ1n) is 8.06. The van der Waals surface area contributed by atoms with E-state index in [1.54, 1.807) is 6.07 Å². The number of anilines is 2. The molecule has 1 aliphatic heterocycles. The highest BCUT2D eigenvalue weighted by Gasteiger charge is 2.25. The van der Waals surface area contributed by atoms with Gasteiger partial charge in [-0.05, 0) is 49.9 Å². The van der Waals surface area contributed by atoms with E-state index in [2.05, 4.69) is 29.3 Å². The maximum absolute atomic E-state index is 12.6. The third kappa shape index (κ3) is 3.38. The number of benzene rings is 2. The summed E-state index contributed by atoms with van der Waals surface area (Å²) in [5, 5.41) is 3.81. The van der Waals surface area contributed by atoms with Crippen LogP contribution in [0, 0.1) is 6.92 Å². The summed E-state index contributed by atoms with van der Waals surface area (Å²) in [4.78, 5) is 14.7. The molecule has 0 fully saturated rings. The molecule has 2 aromatic rings. The molecule has 0 aromatic heterocycles. The maximum Gasteiger partial charge on any atom is 0.243 e. The Hall–Kier alpha value is -1.71. The number of carbonyl (C=O) groups excluding carboxylic acids is 1. The Kier molecular flexibility index (Phi) is 5.02. The lowest BCUT2D eigenvalue weighted by atomic mass is 9.96. The van der Waals surface area contributed by atoms with Gasteiger partial charge in [0.1, 0.15) is 0 Å². The van der Waals surface area contributed by atoms with Crippen LogP contribution in [0.1, 0.15) is 24.5 Å². The largest absolute Gasteiger partial charge is 0.359 e. The number of hydrogen-bond donors (Lipinski definition) is 1. The Balaban J connectivity index is 1.80. The fraction of sp³-hybridized carbons (Fsp3) is 0.316. The number of fused-ring (bicyclic) bond motifs is 1. The lowest BCUT2D eigenvalue weighted by Gasteiger charge is -2.36. The number of aryl methyl sites for hydroxylation is 2. The van der Waals surface area contributed by atoms with E-state index in [-0.39, 0.29) is 12.5 Å². The van der Waals surface area contributed by atoms with Gasteiger partial charge in [0, 0.05) is 11.7 Å². The Morgan fingerprint density at radius 2 is 2.00 bits per heavy atom. The minimum Gasteiger partial charge on any atom is -0.359 e. The summed E-state index contributed by atoms with van der Waals surface area (Å²) < 4.78 is 0. The van der Waals surface area contributed by atoms with Crippen molar-refractivity contribution < 1.29 is 4.79 Å². The van der Waals surface area contributed by atoms with Gasteiger partial charge in [-0.3, -0.25) is 4.79 Å². The van der Waals surface area contributed by atoms with Crippen molar-refractivity contribution in [3.63, 3.8) is 0 Å². The highest BCUT2D eigenvalue weighted by atomic mass is 35.5. The second-order valence-corrected chi connectivity index (χ2v) is 7.03. The number of rotatable bonds is 3. The van der Waals surface area contributed by atoms with Crippen LogP contribution in [-0.2, 0) is 11.2 Å². The molecule has 1 N–H and O–H groups in total. The van der Waals surface area contributed by atoms with Crippen molar-refractivity contribution >= 4 is 40.5 Å². The number of nitrogens with one attached hydrogen (secondary N) is 1. The molecule has 24 heavy (non-hydrogen) atoms. The molecule has 1 aliphatic rings. The standard InChI is InChI=1S/C19H20Cl2N2O/c1-12-7-10-15(20)19(18(12)21)22-17(24)11-23-13(2)8-9-14-5-3-4-6-16(14)23/h3-7,10,13H,8-9,11H2,1-2H3,(H,22,24)/t13-/m0/s1. The van der Waals surface area contributed by atoms with Gasteiger partial charge in [0.05, 0.1) is 22.3 Å². The monoisotopic (exact) mass is 362 g/mol.